The molecule has 0 aliphatic carbocycles. The van der Waals surface area contributed by atoms with Crippen LogP contribution in [0, 0.1) is 0 Å². The number of furan rings is 1. The number of halogens is 1. The zero-order valence-corrected chi connectivity index (χ0v) is 9.89. The van der Waals surface area contributed by atoms with Gasteiger partial charge in [0.05, 0.1) is 19.1 Å². The highest BCUT2D eigenvalue weighted by molar-refractivity contribution is 7.18. The molecule has 0 bridgehead atoms. The molecule has 84 valence electrons. The van der Waals surface area contributed by atoms with Crippen molar-refractivity contribution in [1.29, 1.82) is 0 Å². The van der Waals surface area contributed by atoms with E-state index in [9.17, 15) is 4.79 Å². The number of methoxy groups -OCH3 is 1. The Morgan fingerprint density at radius 1 is 1.62 bits per heavy atom. The van der Waals surface area contributed by atoms with Gasteiger partial charge in [0.1, 0.15) is 4.88 Å². The molecule has 0 unspecified atom stereocenters. The molecule has 0 radical (unpaired) electrons. The summed E-state index contributed by atoms with van der Waals surface area (Å²) in [6, 6.07) is 3.39. The Morgan fingerprint density at radius 2 is 2.38 bits per heavy atom. The van der Waals surface area contributed by atoms with Crippen molar-refractivity contribution in [2.24, 2.45) is 0 Å². The van der Waals surface area contributed by atoms with E-state index >= 15 is 0 Å². The van der Waals surface area contributed by atoms with Gasteiger partial charge in [0.15, 0.2) is 0 Å². The molecule has 0 atom stereocenters. The fourth-order valence-corrected chi connectivity index (χ4v) is 2.55. The fourth-order valence-electron chi connectivity index (χ4n) is 1.26. The molecule has 2 rings (SSSR count). The first-order chi connectivity index (χ1) is 7.63. The maximum Gasteiger partial charge on any atom is 0.350 e. The second kappa shape index (κ2) is 4.19. The van der Waals surface area contributed by atoms with Gasteiger partial charge in [0, 0.05) is 10.4 Å². The second-order valence-corrected chi connectivity index (χ2v) is 4.39. The minimum Gasteiger partial charge on any atom is -0.465 e. The number of nitrogens with two attached hydrogens (primary N) is 1. The van der Waals surface area contributed by atoms with Crippen LogP contribution >= 0.6 is 22.9 Å². The highest BCUT2D eigenvalue weighted by atomic mass is 35.5. The Morgan fingerprint density at radius 3 is 2.94 bits per heavy atom. The first-order valence-electron chi connectivity index (χ1n) is 4.34. The monoisotopic (exact) mass is 257 g/mol. The Hall–Kier alpha value is -1.46. The van der Waals surface area contributed by atoms with Crippen molar-refractivity contribution < 1.29 is 13.9 Å². The summed E-state index contributed by atoms with van der Waals surface area (Å²) in [4.78, 5) is 12.5. The number of carbonyl (C=O) groups excluding carboxylic acids is 1. The molecule has 0 saturated carbocycles. The first-order valence-corrected chi connectivity index (χ1v) is 5.54. The number of esters is 1. The third-order valence-electron chi connectivity index (χ3n) is 2.02. The largest absolute Gasteiger partial charge is 0.465 e. The predicted molar refractivity (Wildman–Crippen MR) is 62.8 cm³/mol. The number of nitrogen functional groups attached to an aromatic ring is 1. The van der Waals surface area contributed by atoms with Crippen LogP contribution < -0.4 is 5.73 Å². The van der Waals surface area contributed by atoms with E-state index in [-0.39, 0.29) is 5.22 Å². The van der Waals surface area contributed by atoms with E-state index in [0.717, 1.165) is 4.88 Å². The molecule has 2 N–H and O–H groups in total. The van der Waals surface area contributed by atoms with Crippen molar-refractivity contribution in [1.82, 2.24) is 0 Å². The predicted octanol–water partition coefficient (Wildman–Crippen LogP) is 3.03. The van der Waals surface area contributed by atoms with Crippen LogP contribution in [-0.2, 0) is 4.74 Å². The molecule has 4 nitrogen and oxygen atoms in total. The van der Waals surface area contributed by atoms with Crippen molar-refractivity contribution in [3.63, 3.8) is 0 Å². The number of hydrogen-bond donors (Lipinski definition) is 1. The molecular weight excluding hydrogens is 250 g/mol. The summed E-state index contributed by atoms with van der Waals surface area (Å²) < 4.78 is 9.58. The molecule has 2 heterocycles. The maximum atomic E-state index is 11.4. The molecule has 0 saturated heterocycles. The lowest BCUT2D eigenvalue weighted by atomic mass is 10.2. The number of rotatable bonds is 2. The maximum absolute atomic E-state index is 11.4. The Bertz CT molecular complexity index is 532. The van der Waals surface area contributed by atoms with E-state index in [0.29, 0.717) is 16.1 Å². The zero-order chi connectivity index (χ0) is 11.7. The smallest absolute Gasteiger partial charge is 0.350 e. The van der Waals surface area contributed by atoms with Crippen LogP contribution in [0.5, 0.6) is 0 Å². The standard InChI is InChI=1S/C10H8ClNO3S/c1-14-10(13)8-6(12)4-7(16-8)5-2-3-15-9(5)11/h2-4H,12H2,1H3. The lowest BCUT2D eigenvalue weighted by molar-refractivity contribution is 0.0607. The number of anilines is 1. The zero-order valence-electron chi connectivity index (χ0n) is 8.32. The Balaban J connectivity index is 2.46. The van der Waals surface area contributed by atoms with E-state index < -0.39 is 5.97 Å². The highest BCUT2D eigenvalue weighted by Gasteiger charge is 2.17. The highest BCUT2D eigenvalue weighted by Crippen LogP contribution is 2.37. The molecule has 6 heteroatoms. The van der Waals surface area contributed by atoms with Crippen LogP contribution in [0.15, 0.2) is 22.8 Å². The van der Waals surface area contributed by atoms with Crippen molar-refractivity contribution in [3.8, 4) is 10.4 Å². The van der Waals surface area contributed by atoms with Crippen molar-refractivity contribution >= 4 is 34.6 Å². The quantitative estimate of drug-likeness (QED) is 0.840. The van der Waals surface area contributed by atoms with Gasteiger partial charge in [-0.05, 0) is 23.7 Å². The summed E-state index contributed by atoms with van der Waals surface area (Å²) in [5, 5.41) is 0.276. The van der Waals surface area contributed by atoms with E-state index in [1.807, 2.05) is 0 Å². The number of thiophene rings is 1. The third kappa shape index (κ3) is 1.79. The van der Waals surface area contributed by atoms with Gasteiger partial charge in [0.2, 0.25) is 5.22 Å². The van der Waals surface area contributed by atoms with Gasteiger partial charge < -0.3 is 14.9 Å². The van der Waals surface area contributed by atoms with Crippen molar-refractivity contribution in [2.45, 2.75) is 0 Å². The van der Waals surface area contributed by atoms with Gasteiger partial charge in [-0.1, -0.05) is 0 Å². The summed E-state index contributed by atoms with van der Waals surface area (Å²) in [5.41, 5.74) is 6.80. The summed E-state index contributed by atoms with van der Waals surface area (Å²) >= 11 is 7.05. The molecule has 0 aliphatic rings. The molecule has 2 aromatic rings. The molecule has 0 aromatic carbocycles. The van der Waals surface area contributed by atoms with Crippen LogP contribution in [0.3, 0.4) is 0 Å². The molecule has 0 spiro atoms. The molecule has 0 amide bonds. The summed E-state index contributed by atoms with van der Waals surface area (Å²) in [6.07, 6.45) is 1.48. The Labute approximate surface area is 101 Å². The van der Waals surface area contributed by atoms with E-state index in [1.54, 1.807) is 12.1 Å². The summed E-state index contributed by atoms with van der Waals surface area (Å²) in [7, 11) is 1.31. The van der Waals surface area contributed by atoms with Gasteiger partial charge in [-0.25, -0.2) is 4.79 Å². The van der Waals surface area contributed by atoms with Crippen LogP contribution in [0.1, 0.15) is 9.67 Å². The lowest BCUT2D eigenvalue weighted by Gasteiger charge is -1.94. The lowest BCUT2D eigenvalue weighted by Crippen LogP contribution is -2.00. The van der Waals surface area contributed by atoms with Crippen molar-refractivity contribution in [3.05, 3.63) is 28.5 Å². The number of hydrogen-bond acceptors (Lipinski definition) is 5. The molecule has 2 aromatic heterocycles. The van der Waals surface area contributed by atoms with E-state index in [2.05, 4.69) is 4.74 Å². The van der Waals surface area contributed by atoms with Crippen LogP contribution in [0.2, 0.25) is 5.22 Å². The van der Waals surface area contributed by atoms with Gasteiger partial charge in [-0.15, -0.1) is 11.3 Å². The fraction of sp³-hybridized carbons (Fsp3) is 0.100. The summed E-state index contributed by atoms with van der Waals surface area (Å²) in [5.74, 6) is -0.451. The molecule has 0 fully saturated rings. The van der Waals surface area contributed by atoms with Crippen LogP contribution in [-0.4, -0.2) is 13.1 Å². The average molecular weight is 258 g/mol. The van der Waals surface area contributed by atoms with Gasteiger partial charge in [-0.3, -0.25) is 0 Å². The van der Waals surface area contributed by atoms with Crippen molar-refractivity contribution in [2.75, 3.05) is 12.8 Å². The van der Waals surface area contributed by atoms with Gasteiger partial charge in [0.25, 0.3) is 0 Å². The minimum absolute atomic E-state index is 0.276. The average Bonchev–Trinajstić information content (AvgIpc) is 2.83. The number of ether oxygens (including phenoxy) is 1. The first kappa shape index (κ1) is 11.0. The topological polar surface area (TPSA) is 65.5 Å². The number of carbonyl (C=O) groups is 1. The molecule has 16 heavy (non-hydrogen) atoms. The van der Waals surface area contributed by atoms with Gasteiger partial charge >= 0.3 is 5.97 Å². The van der Waals surface area contributed by atoms with Crippen LogP contribution in [0.25, 0.3) is 10.4 Å². The van der Waals surface area contributed by atoms with E-state index in [4.69, 9.17) is 21.8 Å². The second-order valence-electron chi connectivity index (χ2n) is 2.99. The van der Waals surface area contributed by atoms with Crippen LogP contribution in [0.4, 0.5) is 5.69 Å². The SMILES string of the molecule is COC(=O)c1sc(-c2ccoc2Cl)cc1N. The van der Waals surface area contributed by atoms with Gasteiger partial charge in [-0.2, -0.15) is 0 Å². The Kier molecular flexibility index (Phi) is 2.89. The molecule has 0 aliphatic heterocycles. The summed E-state index contributed by atoms with van der Waals surface area (Å²) in [6.45, 7) is 0. The normalized spacial score (nSPS) is 10.4. The minimum atomic E-state index is -0.451. The van der Waals surface area contributed by atoms with E-state index in [1.165, 1.54) is 24.7 Å². The molecular formula is C10H8ClNO3S. The third-order valence-corrected chi connectivity index (χ3v) is 3.47.